The molecule has 2 aromatic rings. The fraction of sp³-hybridized carbons (Fsp3) is 0.400. The Bertz CT molecular complexity index is 1130. The molecule has 8 nitrogen and oxygen atoms in total. The second-order valence-corrected chi connectivity index (χ2v) is 9.59. The molecule has 0 radical (unpaired) electrons. The van der Waals surface area contributed by atoms with Crippen LogP contribution in [0.25, 0.3) is 10.9 Å². The standard InChI is InChI=1S/C20H24N4O4S/c1-20(19(25)22-26,29(4,27)28)11-13-24-15-17-14-16(9-10-18(17)21-24)8-6-5-7-12-23(2)3/h9-10,14-15,26H,11-13H2,1-4H3,(H,22,25). The summed E-state index contributed by atoms with van der Waals surface area (Å²) in [4.78, 5) is 13.9. The van der Waals surface area contributed by atoms with Crippen molar-refractivity contribution in [3.63, 3.8) is 0 Å². The van der Waals surface area contributed by atoms with Crippen LogP contribution in [0.2, 0.25) is 0 Å². The van der Waals surface area contributed by atoms with Crippen molar-refractivity contribution in [2.24, 2.45) is 0 Å². The van der Waals surface area contributed by atoms with E-state index in [0.717, 1.165) is 22.7 Å². The lowest BCUT2D eigenvalue weighted by atomic mass is 10.1. The molecule has 0 bridgehead atoms. The minimum atomic E-state index is -3.75. The third-order valence-corrected chi connectivity index (χ3v) is 6.55. The molecule has 1 aromatic carbocycles. The lowest BCUT2D eigenvalue weighted by molar-refractivity contribution is -0.131. The van der Waals surface area contributed by atoms with E-state index in [0.29, 0.717) is 6.54 Å². The van der Waals surface area contributed by atoms with Crippen LogP contribution in [0.3, 0.4) is 0 Å². The SMILES string of the molecule is CN(C)CC#CC#Cc1ccc2nn(CCC(C)(C(=O)NO)S(C)(=O)=O)cc2c1. The van der Waals surface area contributed by atoms with Gasteiger partial charge in [-0.1, -0.05) is 11.8 Å². The monoisotopic (exact) mass is 416 g/mol. The summed E-state index contributed by atoms with van der Waals surface area (Å²) in [6.07, 6.45) is 2.69. The topological polar surface area (TPSA) is 105 Å². The molecule has 2 rings (SSSR count). The molecule has 0 saturated carbocycles. The molecule has 2 N–H and O–H groups in total. The number of hydrogen-bond donors (Lipinski definition) is 2. The van der Waals surface area contributed by atoms with E-state index in [2.05, 4.69) is 28.8 Å². The van der Waals surface area contributed by atoms with Crippen molar-refractivity contribution in [1.82, 2.24) is 20.2 Å². The van der Waals surface area contributed by atoms with Crippen LogP contribution in [-0.4, -0.2) is 65.9 Å². The van der Waals surface area contributed by atoms with Gasteiger partial charge in [0.1, 0.15) is 0 Å². The molecule has 1 amide bonds. The van der Waals surface area contributed by atoms with Crippen molar-refractivity contribution in [2.45, 2.75) is 24.6 Å². The highest BCUT2D eigenvalue weighted by molar-refractivity contribution is 7.92. The number of nitrogens with one attached hydrogen (secondary N) is 1. The van der Waals surface area contributed by atoms with Crippen LogP contribution >= 0.6 is 0 Å². The molecule has 29 heavy (non-hydrogen) atoms. The molecule has 0 saturated heterocycles. The van der Waals surface area contributed by atoms with Crippen LogP contribution in [-0.2, 0) is 21.2 Å². The largest absolute Gasteiger partial charge is 0.298 e. The van der Waals surface area contributed by atoms with Crippen LogP contribution in [0.1, 0.15) is 18.9 Å². The van der Waals surface area contributed by atoms with E-state index >= 15 is 0 Å². The Kier molecular flexibility index (Phi) is 7.04. The number of aryl methyl sites for hydroxylation is 1. The zero-order chi connectivity index (χ0) is 21.7. The molecule has 1 aromatic heterocycles. The lowest BCUT2D eigenvalue weighted by Crippen LogP contribution is -2.49. The summed E-state index contributed by atoms with van der Waals surface area (Å²) in [6.45, 7) is 2.10. The highest BCUT2D eigenvalue weighted by Crippen LogP contribution is 2.23. The third-order valence-electron chi connectivity index (χ3n) is 4.52. The molecular formula is C20H24N4O4S. The van der Waals surface area contributed by atoms with Gasteiger partial charge < -0.3 is 0 Å². The molecule has 0 aliphatic carbocycles. The smallest absolute Gasteiger partial charge is 0.264 e. The van der Waals surface area contributed by atoms with Crippen LogP contribution in [0, 0.1) is 23.7 Å². The van der Waals surface area contributed by atoms with E-state index in [1.54, 1.807) is 10.9 Å². The van der Waals surface area contributed by atoms with Crippen molar-refractivity contribution < 1.29 is 18.4 Å². The number of fused-ring (bicyclic) bond motifs is 1. The molecule has 0 spiro atoms. The van der Waals surface area contributed by atoms with Gasteiger partial charge in [0.05, 0.1) is 12.1 Å². The molecule has 1 atom stereocenters. The van der Waals surface area contributed by atoms with Crippen LogP contribution in [0.15, 0.2) is 24.4 Å². The van der Waals surface area contributed by atoms with E-state index in [4.69, 9.17) is 5.21 Å². The van der Waals surface area contributed by atoms with Gasteiger partial charge in [0.25, 0.3) is 5.91 Å². The Morgan fingerprint density at radius 2 is 2.07 bits per heavy atom. The average molecular weight is 417 g/mol. The minimum Gasteiger partial charge on any atom is -0.298 e. The van der Waals surface area contributed by atoms with Gasteiger partial charge in [0.15, 0.2) is 14.6 Å². The van der Waals surface area contributed by atoms with Crippen molar-refractivity contribution in [2.75, 3.05) is 26.9 Å². The van der Waals surface area contributed by atoms with E-state index in [1.807, 2.05) is 37.2 Å². The van der Waals surface area contributed by atoms with Crippen molar-refractivity contribution in [3.8, 4) is 23.7 Å². The van der Waals surface area contributed by atoms with Crippen LogP contribution < -0.4 is 5.48 Å². The molecule has 9 heteroatoms. The minimum absolute atomic E-state index is 0.0413. The maximum Gasteiger partial charge on any atom is 0.264 e. The lowest BCUT2D eigenvalue weighted by Gasteiger charge is -2.24. The zero-order valence-electron chi connectivity index (χ0n) is 16.9. The van der Waals surface area contributed by atoms with Crippen molar-refractivity contribution >= 4 is 26.6 Å². The number of aromatic nitrogens is 2. The van der Waals surface area contributed by atoms with Gasteiger partial charge in [0, 0.05) is 29.9 Å². The quantitative estimate of drug-likeness (QED) is 0.407. The van der Waals surface area contributed by atoms with Gasteiger partial charge in [-0.05, 0) is 57.5 Å². The number of sulfone groups is 1. The van der Waals surface area contributed by atoms with E-state index in [1.165, 1.54) is 12.4 Å². The van der Waals surface area contributed by atoms with Gasteiger partial charge in [-0.2, -0.15) is 5.10 Å². The first-order valence-electron chi connectivity index (χ1n) is 8.82. The van der Waals surface area contributed by atoms with E-state index in [9.17, 15) is 13.2 Å². The molecule has 1 unspecified atom stereocenters. The summed E-state index contributed by atoms with van der Waals surface area (Å²) in [7, 11) is 0.115. The summed E-state index contributed by atoms with van der Waals surface area (Å²) in [5, 5.41) is 14.1. The number of nitrogens with zero attached hydrogens (tertiary/aromatic N) is 3. The summed E-state index contributed by atoms with van der Waals surface area (Å²) in [5.41, 5.74) is 2.95. The van der Waals surface area contributed by atoms with Crippen molar-refractivity contribution in [3.05, 3.63) is 30.0 Å². The second kappa shape index (κ2) is 9.10. The summed E-state index contributed by atoms with van der Waals surface area (Å²) in [5.74, 6) is 10.6. The number of hydroxylamine groups is 1. The van der Waals surface area contributed by atoms with Gasteiger partial charge >= 0.3 is 0 Å². The number of benzene rings is 1. The Hall–Kier alpha value is -2.85. The molecular weight excluding hydrogens is 392 g/mol. The Morgan fingerprint density at radius 3 is 2.69 bits per heavy atom. The molecule has 154 valence electrons. The summed E-state index contributed by atoms with van der Waals surface area (Å²) < 4.78 is 23.9. The highest BCUT2D eigenvalue weighted by atomic mass is 32.2. The highest BCUT2D eigenvalue weighted by Gasteiger charge is 2.43. The fourth-order valence-electron chi connectivity index (χ4n) is 2.53. The first-order valence-corrected chi connectivity index (χ1v) is 10.7. The van der Waals surface area contributed by atoms with Crippen molar-refractivity contribution in [1.29, 1.82) is 0 Å². The van der Waals surface area contributed by atoms with Gasteiger partial charge in [-0.25, -0.2) is 13.9 Å². The Morgan fingerprint density at radius 1 is 1.34 bits per heavy atom. The first kappa shape index (κ1) is 22.4. The number of carbonyl (C=O) groups is 1. The number of rotatable bonds is 6. The van der Waals surface area contributed by atoms with E-state index < -0.39 is 20.5 Å². The summed E-state index contributed by atoms with van der Waals surface area (Å²) in [6, 6.07) is 5.52. The third kappa shape index (κ3) is 5.58. The maximum atomic E-state index is 12.0. The summed E-state index contributed by atoms with van der Waals surface area (Å²) >= 11 is 0. The molecule has 0 fully saturated rings. The van der Waals surface area contributed by atoms with Gasteiger partial charge in [-0.3, -0.25) is 19.6 Å². The zero-order valence-corrected chi connectivity index (χ0v) is 17.7. The fourth-order valence-corrected chi connectivity index (χ4v) is 3.37. The molecule has 0 aliphatic rings. The molecule has 0 aliphatic heterocycles. The average Bonchev–Trinajstić information content (AvgIpc) is 3.06. The Balaban J connectivity index is 2.19. The first-order chi connectivity index (χ1) is 13.6. The maximum absolute atomic E-state index is 12.0. The normalized spacial score (nSPS) is 13.2. The van der Waals surface area contributed by atoms with Gasteiger partial charge in [-0.15, -0.1) is 0 Å². The van der Waals surface area contributed by atoms with Crippen LogP contribution in [0.4, 0.5) is 0 Å². The van der Waals surface area contributed by atoms with E-state index in [-0.39, 0.29) is 13.0 Å². The predicted molar refractivity (Wildman–Crippen MR) is 111 cm³/mol. The second-order valence-electron chi connectivity index (χ2n) is 7.15. The number of hydrogen-bond acceptors (Lipinski definition) is 6. The van der Waals surface area contributed by atoms with Crippen LogP contribution in [0.5, 0.6) is 0 Å². The Labute approximate surface area is 170 Å². The predicted octanol–water partition coefficient (Wildman–Crippen LogP) is 0.652. The number of amides is 1. The number of carbonyl (C=O) groups excluding carboxylic acids is 1. The molecule has 1 heterocycles. The van der Waals surface area contributed by atoms with Gasteiger partial charge in [0.2, 0.25) is 0 Å².